The highest BCUT2D eigenvalue weighted by atomic mass is 32.1. The Morgan fingerprint density at radius 1 is 1.06 bits per heavy atom. The van der Waals surface area contributed by atoms with Crippen LogP contribution in [0.15, 0.2) is 54.6 Å². The van der Waals surface area contributed by atoms with Crippen molar-refractivity contribution in [3.05, 3.63) is 82.1 Å². The van der Waals surface area contributed by atoms with Crippen LogP contribution in [0.3, 0.4) is 0 Å². The predicted molar refractivity (Wildman–Crippen MR) is 116 cm³/mol. The molecule has 0 bridgehead atoms. The standard InChI is InChI=1S/C23H16FN3O4S/c1-13-18-12-19(32-22(18)27(25-13)15-8-6-14(24)7-9-15)23(30)31-11-10-26-20(28)16-4-2-3-5-17(16)21(26)29/h2-9,12H,10-11H2,1H3. The Labute approximate surface area is 185 Å². The van der Waals surface area contributed by atoms with Crippen molar-refractivity contribution < 1.29 is 23.5 Å². The third-order valence-corrected chi connectivity index (χ3v) is 6.33. The first-order valence-corrected chi connectivity index (χ1v) is 10.6. The second-order valence-electron chi connectivity index (χ2n) is 7.25. The fourth-order valence-corrected chi connectivity index (χ4v) is 4.72. The highest BCUT2D eigenvalue weighted by molar-refractivity contribution is 7.20. The fraction of sp³-hybridized carbons (Fsp3) is 0.130. The summed E-state index contributed by atoms with van der Waals surface area (Å²) < 4.78 is 20.2. The van der Waals surface area contributed by atoms with E-state index in [1.54, 1.807) is 47.1 Å². The molecule has 0 unspecified atom stereocenters. The number of halogens is 1. The summed E-state index contributed by atoms with van der Waals surface area (Å²) in [5, 5.41) is 5.27. The van der Waals surface area contributed by atoms with Gasteiger partial charge in [0, 0.05) is 5.39 Å². The highest BCUT2D eigenvalue weighted by Gasteiger charge is 2.34. The Bertz CT molecular complexity index is 1360. The number of hydrogen-bond donors (Lipinski definition) is 0. The van der Waals surface area contributed by atoms with Crippen LogP contribution in [0.5, 0.6) is 0 Å². The van der Waals surface area contributed by atoms with Gasteiger partial charge in [0.2, 0.25) is 0 Å². The van der Waals surface area contributed by atoms with Crippen LogP contribution in [-0.2, 0) is 4.74 Å². The van der Waals surface area contributed by atoms with Gasteiger partial charge in [-0.05, 0) is 49.4 Å². The predicted octanol–water partition coefficient (Wildman–Crippen LogP) is 3.99. The van der Waals surface area contributed by atoms with Crippen molar-refractivity contribution in [2.45, 2.75) is 6.92 Å². The summed E-state index contributed by atoms with van der Waals surface area (Å²) in [6.45, 7) is 1.69. The van der Waals surface area contributed by atoms with E-state index >= 15 is 0 Å². The molecule has 7 nitrogen and oxygen atoms in total. The summed E-state index contributed by atoms with van der Waals surface area (Å²) in [6, 6.07) is 14.2. The van der Waals surface area contributed by atoms with E-state index in [1.165, 1.54) is 23.5 Å². The zero-order chi connectivity index (χ0) is 22.4. The van der Waals surface area contributed by atoms with Gasteiger partial charge in [-0.15, -0.1) is 11.3 Å². The van der Waals surface area contributed by atoms with Gasteiger partial charge in [0.25, 0.3) is 11.8 Å². The molecule has 0 saturated heterocycles. The van der Waals surface area contributed by atoms with Crippen molar-refractivity contribution in [2.24, 2.45) is 0 Å². The van der Waals surface area contributed by atoms with E-state index in [0.29, 0.717) is 21.7 Å². The van der Waals surface area contributed by atoms with Gasteiger partial charge in [0.05, 0.1) is 29.1 Å². The monoisotopic (exact) mass is 449 g/mol. The van der Waals surface area contributed by atoms with E-state index in [0.717, 1.165) is 20.8 Å². The summed E-state index contributed by atoms with van der Waals surface area (Å²) in [7, 11) is 0. The molecule has 160 valence electrons. The average molecular weight is 449 g/mol. The summed E-state index contributed by atoms with van der Waals surface area (Å²) in [5.74, 6) is -1.67. The number of nitrogens with zero attached hydrogens (tertiary/aromatic N) is 3. The van der Waals surface area contributed by atoms with Crippen LogP contribution in [0.1, 0.15) is 36.1 Å². The van der Waals surface area contributed by atoms with Crippen molar-refractivity contribution in [2.75, 3.05) is 13.2 Å². The van der Waals surface area contributed by atoms with Crippen LogP contribution < -0.4 is 0 Å². The van der Waals surface area contributed by atoms with Gasteiger partial charge < -0.3 is 4.74 Å². The Morgan fingerprint density at radius 2 is 1.72 bits per heavy atom. The van der Waals surface area contributed by atoms with E-state index < -0.39 is 17.8 Å². The molecule has 5 rings (SSSR count). The van der Waals surface area contributed by atoms with Crippen LogP contribution in [0.2, 0.25) is 0 Å². The van der Waals surface area contributed by atoms with E-state index in [9.17, 15) is 18.8 Å². The number of rotatable bonds is 5. The number of aromatic nitrogens is 2. The van der Waals surface area contributed by atoms with Gasteiger partial charge >= 0.3 is 5.97 Å². The maximum Gasteiger partial charge on any atom is 0.348 e. The molecule has 32 heavy (non-hydrogen) atoms. The average Bonchev–Trinajstić information content (AvgIpc) is 3.43. The largest absolute Gasteiger partial charge is 0.460 e. The molecule has 0 fully saturated rings. The first-order valence-electron chi connectivity index (χ1n) is 9.81. The summed E-state index contributed by atoms with van der Waals surface area (Å²) in [5.41, 5.74) is 2.12. The van der Waals surface area contributed by atoms with E-state index in [2.05, 4.69) is 5.10 Å². The minimum absolute atomic E-state index is 0.0225. The number of carbonyl (C=O) groups is 3. The second-order valence-corrected chi connectivity index (χ2v) is 8.28. The van der Waals surface area contributed by atoms with E-state index in [4.69, 9.17) is 4.74 Å². The lowest BCUT2D eigenvalue weighted by Crippen LogP contribution is -2.33. The number of fused-ring (bicyclic) bond motifs is 2. The molecule has 0 aliphatic carbocycles. The zero-order valence-corrected chi connectivity index (χ0v) is 17.7. The molecule has 1 aliphatic rings. The SMILES string of the molecule is Cc1nn(-c2ccc(F)cc2)c2sc(C(=O)OCCN3C(=O)c4ccccc4C3=O)cc12. The third-order valence-electron chi connectivity index (χ3n) is 5.24. The fourth-order valence-electron chi connectivity index (χ4n) is 3.65. The molecule has 2 aromatic heterocycles. The quantitative estimate of drug-likeness (QED) is 0.340. The molecule has 0 saturated carbocycles. The Morgan fingerprint density at radius 3 is 2.38 bits per heavy atom. The normalized spacial score (nSPS) is 13.1. The first kappa shape index (κ1) is 20.1. The lowest BCUT2D eigenvalue weighted by atomic mass is 10.1. The molecule has 0 radical (unpaired) electrons. The smallest absolute Gasteiger partial charge is 0.348 e. The number of thiophene rings is 1. The summed E-state index contributed by atoms with van der Waals surface area (Å²) >= 11 is 1.21. The molecule has 9 heteroatoms. The van der Waals surface area contributed by atoms with Crippen molar-refractivity contribution in [1.82, 2.24) is 14.7 Å². The number of hydrogen-bond acceptors (Lipinski definition) is 6. The number of ether oxygens (including phenoxy) is 1. The first-order chi connectivity index (χ1) is 15.4. The van der Waals surface area contributed by atoms with Crippen molar-refractivity contribution in [1.29, 1.82) is 0 Å². The lowest BCUT2D eigenvalue weighted by molar-refractivity contribution is 0.0424. The molecule has 0 atom stereocenters. The highest BCUT2D eigenvalue weighted by Crippen LogP contribution is 2.31. The number of aryl methyl sites for hydroxylation is 1. The van der Waals surface area contributed by atoms with E-state index in [1.807, 2.05) is 6.92 Å². The van der Waals surface area contributed by atoms with Crippen molar-refractivity contribution in [3.63, 3.8) is 0 Å². The lowest BCUT2D eigenvalue weighted by Gasteiger charge is -2.13. The van der Waals surface area contributed by atoms with Gasteiger partial charge in [-0.1, -0.05) is 12.1 Å². The van der Waals surface area contributed by atoms with Gasteiger partial charge in [0.1, 0.15) is 22.1 Å². The zero-order valence-electron chi connectivity index (χ0n) is 16.9. The molecular weight excluding hydrogens is 433 g/mol. The maximum atomic E-state index is 13.3. The number of imide groups is 1. The molecule has 0 spiro atoms. The van der Waals surface area contributed by atoms with Gasteiger partial charge in [-0.2, -0.15) is 5.10 Å². The number of benzene rings is 2. The van der Waals surface area contributed by atoms with Crippen LogP contribution in [0.25, 0.3) is 15.9 Å². The van der Waals surface area contributed by atoms with Crippen LogP contribution in [0.4, 0.5) is 4.39 Å². The summed E-state index contributed by atoms with van der Waals surface area (Å²) in [6.07, 6.45) is 0. The molecule has 1 aliphatic heterocycles. The van der Waals surface area contributed by atoms with Crippen molar-refractivity contribution in [3.8, 4) is 5.69 Å². The second kappa shape index (κ2) is 7.69. The van der Waals surface area contributed by atoms with Gasteiger partial charge in [-0.3, -0.25) is 14.5 Å². The molecule has 2 amide bonds. The Balaban J connectivity index is 1.30. The van der Waals surface area contributed by atoms with E-state index in [-0.39, 0.29) is 19.0 Å². The molecular formula is C23H16FN3O4S. The number of carbonyl (C=O) groups excluding carboxylic acids is 3. The maximum absolute atomic E-state index is 13.3. The van der Waals surface area contributed by atoms with Crippen molar-refractivity contribution >= 4 is 39.3 Å². The molecule has 2 aromatic carbocycles. The molecule has 0 N–H and O–H groups in total. The summed E-state index contributed by atoms with van der Waals surface area (Å²) in [4.78, 5) is 39.6. The van der Waals surface area contributed by atoms with Crippen LogP contribution >= 0.6 is 11.3 Å². The molecule has 4 aromatic rings. The Kier molecular flexibility index (Phi) is 4.82. The Hall–Kier alpha value is -3.85. The van der Waals surface area contributed by atoms with Gasteiger partial charge in [0.15, 0.2) is 0 Å². The molecule has 3 heterocycles. The topological polar surface area (TPSA) is 81.5 Å². The number of amides is 2. The number of esters is 1. The minimum Gasteiger partial charge on any atom is -0.460 e. The van der Waals surface area contributed by atoms with Crippen LogP contribution in [0, 0.1) is 12.7 Å². The third kappa shape index (κ3) is 3.27. The van der Waals surface area contributed by atoms with Gasteiger partial charge in [-0.25, -0.2) is 13.9 Å². The van der Waals surface area contributed by atoms with Crippen LogP contribution in [-0.4, -0.2) is 45.6 Å². The minimum atomic E-state index is -0.548.